The summed E-state index contributed by atoms with van der Waals surface area (Å²) in [5.74, 6) is -0.139. The highest BCUT2D eigenvalue weighted by Gasteiger charge is 2.23. The summed E-state index contributed by atoms with van der Waals surface area (Å²) in [7, 11) is 0. The number of carbonyl (C=O) groups is 1. The lowest BCUT2D eigenvalue weighted by atomic mass is 10.0. The second kappa shape index (κ2) is 8.06. The van der Waals surface area contributed by atoms with Gasteiger partial charge in [-0.25, -0.2) is 4.68 Å². The molecule has 0 radical (unpaired) electrons. The fourth-order valence-electron chi connectivity index (χ4n) is 3.21. The molecule has 1 aliphatic heterocycles. The Labute approximate surface area is 146 Å². The van der Waals surface area contributed by atoms with E-state index < -0.39 is 0 Å². The molecule has 0 aromatic carbocycles. The standard InChI is InChI=1S/C17H24N6O2/c1-13-5-6-16(24)23(21-13)11-10-22-9-3-2-4-14(22)12-18-17(25)15-7-8-19-20-15/h5-8,14H,2-4,9-12H2,1H3,(H,18,25)(H,19,20). The van der Waals surface area contributed by atoms with Gasteiger partial charge in [0.1, 0.15) is 5.69 Å². The van der Waals surface area contributed by atoms with Crippen molar-refractivity contribution >= 4 is 5.91 Å². The number of likely N-dealkylation sites (tertiary alicyclic amines) is 1. The summed E-state index contributed by atoms with van der Waals surface area (Å²) in [6, 6.07) is 5.22. The van der Waals surface area contributed by atoms with Crippen LogP contribution < -0.4 is 10.9 Å². The van der Waals surface area contributed by atoms with Crippen molar-refractivity contribution in [3.63, 3.8) is 0 Å². The SMILES string of the molecule is Cc1ccc(=O)n(CCN2CCCCC2CNC(=O)c2ccn[nH]2)n1. The van der Waals surface area contributed by atoms with E-state index in [0.717, 1.165) is 38.0 Å². The summed E-state index contributed by atoms with van der Waals surface area (Å²) in [6.07, 6.45) is 4.90. The Morgan fingerprint density at radius 2 is 2.20 bits per heavy atom. The van der Waals surface area contributed by atoms with E-state index >= 15 is 0 Å². The smallest absolute Gasteiger partial charge is 0.269 e. The molecule has 3 rings (SSSR count). The van der Waals surface area contributed by atoms with Crippen LogP contribution in [0.5, 0.6) is 0 Å². The first kappa shape index (κ1) is 17.3. The van der Waals surface area contributed by atoms with Crippen LogP contribution in [-0.4, -0.2) is 56.5 Å². The van der Waals surface area contributed by atoms with Crippen LogP contribution in [0.25, 0.3) is 0 Å². The zero-order chi connectivity index (χ0) is 17.6. The van der Waals surface area contributed by atoms with Crippen molar-refractivity contribution in [3.05, 3.63) is 46.1 Å². The molecule has 8 heteroatoms. The maximum absolute atomic E-state index is 12.1. The van der Waals surface area contributed by atoms with Crippen molar-refractivity contribution in [2.75, 3.05) is 19.6 Å². The number of nitrogens with zero attached hydrogens (tertiary/aromatic N) is 4. The van der Waals surface area contributed by atoms with Gasteiger partial charge in [-0.2, -0.15) is 10.2 Å². The van der Waals surface area contributed by atoms with E-state index in [0.29, 0.717) is 18.8 Å². The third-order valence-electron chi connectivity index (χ3n) is 4.59. The molecule has 134 valence electrons. The number of rotatable bonds is 6. The molecule has 1 amide bonds. The highest BCUT2D eigenvalue weighted by atomic mass is 16.2. The molecule has 2 N–H and O–H groups in total. The maximum atomic E-state index is 12.1. The van der Waals surface area contributed by atoms with Gasteiger partial charge < -0.3 is 5.32 Å². The Morgan fingerprint density at radius 3 is 3.00 bits per heavy atom. The lowest BCUT2D eigenvalue weighted by Crippen LogP contribution is -2.48. The fourth-order valence-corrected chi connectivity index (χ4v) is 3.21. The van der Waals surface area contributed by atoms with Crippen LogP contribution in [0.3, 0.4) is 0 Å². The number of nitrogens with one attached hydrogen (secondary N) is 2. The minimum absolute atomic E-state index is 0.0771. The van der Waals surface area contributed by atoms with Gasteiger partial charge in [-0.05, 0) is 38.4 Å². The number of piperidine rings is 1. The lowest BCUT2D eigenvalue weighted by Gasteiger charge is -2.35. The molecule has 1 aliphatic rings. The van der Waals surface area contributed by atoms with Crippen molar-refractivity contribution in [2.45, 2.75) is 38.8 Å². The lowest BCUT2D eigenvalue weighted by molar-refractivity contribution is 0.0904. The second-order valence-electron chi connectivity index (χ2n) is 6.40. The Hall–Kier alpha value is -2.48. The Balaban J connectivity index is 1.56. The van der Waals surface area contributed by atoms with E-state index in [1.165, 1.54) is 4.68 Å². The fraction of sp³-hybridized carbons (Fsp3) is 0.529. The van der Waals surface area contributed by atoms with Crippen LogP contribution in [0.4, 0.5) is 0 Å². The number of aryl methyl sites for hydroxylation is 1. The van der Waals surface area contributed by atoms with E-state index in [1.54, 1.807) is 24.4 Å². The van der Waals surface area contributed by atoms with Crippen LogP contribution in [0.2, 0.25) is 0 Å². The molecule has 3 heterocycles. The number of carbonyl (C=O) groups excluding carboxylic acids is 1. The first-order chi connectivity index (χ1) is 12.1. The zero-order valence-corrected chi connectivity index (χ0v) is 14.4. The van der Waals surface area contributed by atoms with E-state index in [9.17, 15) is 9.59 Å². The minimum atomic E-state index is -0.139. The van der Waals surface area contributed by atoms with Crippen molar-refractivity contribution in [1.29, 1.82) is 0 Å². The topological polar surface area (TPSA) is 95.9 Å². The summed E-state index contributed by atoms with van der Waals surface area (Å²) < 4.78 is 1.52. The van der Waals surface area contributed by atoms with Gasteiger partial charge in [0.15, 0.2) is 0 Å². The van der Waals surface area contributed by atoms with Crippen molar-refractivity contribution in [1.82, 2.24) is 30.2 Å². The normalized spacial score (nSPS) is 18.2. The number of amides is 1. The average molecular weight is 344 g/mol. The summed E-state index contributed by atoms with van der Waals surface area (Å²) in [5, 5.41) is 13.7. The van der Waals surface area contributed by atoms with Gasteiger partial charge in [-0.15, -0.1) is 0 Å². The molecular weight excluding hydrogens is 320 g/mol. The largest absolute Gasteiger partial charge is 0.349 e. The first-order valence-corrected chi connectivity index (χ1v) is 8.70. The van der Waals surface area contributed by atoms with E-state index in [4.69, 9.17) is 0 Å². The molecule has 1 saturated heterocycles. The number of aromatic nitrogens is 4. The molecule has 25 heavy (non-hydrogen) atoms. The third-order valence-corrected chi connectivity index (χ3v) is 4.59. The zero-order valence-electron chi connectivity index (χ0n) is 14.4. The van der Waals surface area contributed by atoms with Crippen molar-refractivity contribution in [3.8, 4) is 0 Å². The first-order valence-electron chi connectivity index (χ1n) is 8.70. The monoisotopic (exact) mass is 344 g/mol. The van der Waals surface area contributed by atoms with E-state index in [2.05, 4.69) is 25.5 Å². The number of aromatic amines is 1. The summed E-state index contributed by atoms with van der Waals surface area (Å²) in [5.41, 5.74) is 1.23. The summed E-state index contributed by atoms with van der Waals surface area (Å²) in [4.78, 5) is 26.3. The molecule has 0 spiro atoms. The van der Waals surface area contributed by atoms with Crippen LogP contribution in [0.1, 0.15) is 35.4 Å². The van der Waals surface area contributed by atoms with E-state index in [-0.39, 0.29) is 17.5 Å². The van der Waals surface area contributed by atoms with Crippen LogP contribution in [0.15, 0.2) is 29.2 Å². The van der Waals surface area contributed by atoms with Gasteiger partial charge in [-0.3, -0.25) is 19.6 Å². The molecule has 8 nitrogen and oxygen atoms in total. The Kier molecular flexibility index (Phi) is 5.60. The van der Waals surface area contributed by atoms with Crippen molar-refractivity contribution < 1.29 is 4.79 Å². The molecule has 0 aliphatic carbocycles. The molecule has 2 aromatic heterocycles. The highest BCUT2D eigenvalue weighted by molar-refractivity contribution is 5.92. The number of hydrogen-bond donors (Lipinski definition) is 2. The molecule has 1 fully saturated rings. The molecule has 2 aromatic rings. The number of hydrogen-bond acceptors (Lipinski definition) is 5. The second-order valence-corrected chi connectivity index (χ2v) is 6.40. The van der Waals surface area contributed by atoms with Crippen molar-refractivity contribution in [2.24, 2.45) is 0 Å². The van der Waals surface area contributed by atoms with Crippen LogP contribution >= 0.6 is 0 Å². The summed E-state index contributed by atoms with van der Waals surface area (Å²) in [6.45, 7) is 4.76. The Bertz CT molecular complexity index is 755. The maximum Gasteiger partial charge on any atom is 0.269 e. The van der Waals surface area contributed by atoms with Crippen LogP contribution in [-0.2, 0) is 6.54 Å². The Morgan fingerprint density at radius 1 is 1.32 bits per heavy atom. The van der Waals surface area contributed by atoms with Crippen LogP contribution in [0, 0.1) is 6.92 Å². The van der Waals surface area contributed by atoms with Gasteiger partial charge in [-0.1, -0.05) is 6.42 Å². The predicted molar refractivity (Wildman–Crippen MR) is 93.4 cm³/mol. The summed E-state index contributed by atoms with van der Waals surface area (Å²) >= 11 is 0. The van der Waals surface area contributed by atoms with Gasteiger partial charge in [0.05, 0.1) is 12.2 Å². The molecule has 0 bridgehead atoms. The van der Waals surface area contributed by atoms with E-state index in [1.807, 2.05) is 6.92 Å². The molecular formula is C17H24N6O2. The van der Waals surface area contributed by atoms with Gasteiger partial charge in [0.25, 0.3) is 11.5 Å². The van der Waals surface area contributed by atoms with Gasteiger partial charge in [0.2, 0.25) is 0 Å². The quantitative estimate of drug-likeness (QED) is 0.798. The number of H-pyrrole nitrogens is 1. The average Bonchev–Trinajstić information content (AvgIpc) is 3.16. The predicted octanol–water partition coefficient (Wildman–Crippen LogP) is 0.559. The van der Waals surface area contributed by atoms with Gasteiger partial charge >= 0.3 is 0 Å². The van der Waals surface area contributed by atoms with Gasteiger partial charge in [0, 0.05) is 31.4 Å². The third kappa shape index (κ3) is 4.54. The minimum Gasteiger partial charge on any atom is -0.349 e. The molecule has 1 unspecified atom stereocenters. The molecule has 0 saturated carbocycles. The highest BCUT2D eigenvalue weighted by Crippen LogP contribution is 2.16. The molecule has 1 atom stereocenters.